The number of hydrogen-bond acceptors (Lipinski definition) is 7. The lowest BCUT2D eigenvalue weighted by molar-refractivity contribution is -0.113. The van der Waals surface area contributed by atoms with Crippen LogP contribution < -0.4 is 11.1 Å². The topological polar surface area (TPSA) is 112 Å². The van der Waals surface area contributed by atoms with Crippen molar-refractivity contribution in [1.82, 2.24) is 19.9 Å². The molecule has 2 heterocycles. The van der Waals surface area contributed by atoms with Gasteiger partial charge in [0.2, 0.25) is 11.9 Å². The van der Waals surface area contributed by atoms with Crippen LogP contribution in [0.25, 0.3) is 0 Å². The molecule has 2 aromatic rings. The molecule has 0 radical (unpaired) electrons. The Kier molecular flexibility index (Phi) is 4.28. The second-order valence-corrected chi connectivity index (χ2v) is 5.41. The molecule has 1 amide bonds. The van der Waals surface area contributed by atoms with E-state index in [0.29, 0.717) is 22.7 Å². The minimum Gasteiger partial charge on any atom is -0.368 e. The summed E-state index contributed by atoms with van der Waals surface area (Å²) in [6, 6.07) is 1.78. The molecule has 0 saturated heterocycles. The largest absolute Gasteiger partial charge is 0.368 e. The minimum absolute atomic E-state index is 0.133. The SMILES string of the molecule is Cc1cc(NC(=O)CSc2nnc(N)n2C(C)C)no1. The van der Waals surface area contributed by atoms with Crippen LogP contribution in [-0.4, -0.2) is 31.6 Å². The molecule has 8 nitrogen and oxygen atoms in total. The van der Waals surface area contributed by atoms with E-state index in [9.17, 15) is 4.79 Å². The summed E-state index contributed by atoms with van der Waals surface area (Å²) in [5, 5.41) is 14.7. The van der Waals surface area contributed by atoms with Crippen LogP contribution >= 0.6 is 11.8 Å². The van der Waals surface area contributed by atoms with Crippen molar-refractivity contribution in [3.8, 4) is 0 Å². The highest BCUT2D eigenvalue weighted by molar-refractivity contribution is 7.99. The molecule has 2 aromatic heterocycles. The van der Waals surface area contributed by atoms with Gasteiger partial charge in [0.05, 0.1) is 5.75 Å². The van der Waals surface area contributed by atoms with Crippen LogP contribution in [0.5, 0.6) is 0 Å². The first-order valence-corrected chi connectivity index (χ1v) is 7.02. The van der Waals surface area contributed by atoms with Gasteiger partial charge in [-0.05, 0) is 20.8 Å². The molecule has 20 heavy (non-hydrogen) atoms. The van der Waals surface area contributed by atoms with Gasteiger partial charge in [-0.3, -0.25) is 9.36 Å². The molecular weight excluding hydrogens is 280 g/mol. The third kappa shape index (κ3) is 3.29. The maximum Gasteiger partial charge on any atom is 0.236 e. The Hall–Kier alpha value is -2.03. The van der Waals surface area contributed by atoms with Crippen molar-refractivity contribution in [2.24, 2.45) is 0 Å². The molecule has 0 saturated carbocycles. The fraction of sp³-hybridized carbons (Fsp3) is 0.455. The fourth-order valence-electron chi connectivity index (χ4n) is 1.61. The molecule has 0 aliphatic heterocycles. The van der Waals surface area contributed by atoms with Gasteiger partial charge >= 0.3 is 0 Å². The number of nitrogens with zero attached hydrogens (tertiary/aromatic N) is 4. The number of rotatable bonds is 5. The van der Waals surface area contributed by atoms with E-state index >= 15 is 0 Å². The first-order valence-electron chi connectivity index (χ1n) is 6.03. The zero-order valence-corrected chi connectivity index (χ0v) is 12.3. The lowest BCUT2D eigenvalue weighted by Gasteiger charge is -2.10. The quantitative estimate of drug-likeness (QED) is 0.803. The summed E-state index contributed by atoms with van der Waals surface area (Å²) in [4.78, 5) is 11.8. The average Bonchev–Trinajstić information content (AvgIpc) is 2.93. The third-order valence-corrected chi connectivity index (χ3v) is 3.38. The second kappa shape index (κ2) is 5.95. The van der Waals surface area contributed by atoms with Crippen LogP contribution in [-0.2, 0) is 4.79 Å². The summed E-state index contributed by atoms with van der Waals surface area (Å²) in [6.45, 7) is 5.70. The van der Waals surface area contributed by atoms with E-state index in [1.807, 2.05) is 13.8 Å². The molecule has 0 spiro atoms. The maximum absolute atomic E-state index is 11.8. The number of anilines is 2. The fourth-order valence-corrected chi connectivity index (χ4v) is 2.48. The van der Waals surface area contributed by atoms with Crippen LogP contribution in [0.1, 0.15) is 25.6 Å². The smallest absolute Gasteiger partial charge is 0.236 e. The number of aryl methyl sites for hydroxylation is 1. The van der Waals surface area contributed by atoms with Crippen molar-refractivity contribution in [2.75, 3.05) is 16.8 Å². The summed E-state index contributed by atoms with van der Waals surface area (Å²) in [5.41, 5.74) is 5.73. The van der Waals surface area contributed by atoms with Gasteiger partial charge in [0.1, 0.15) is 5.76 Å². The number of carbonyl (C=O) groups excluding carboxylic acids is 1. The minimum atomic E-state index is -0.194. The van der Waals surface area contributed by atoms with E-state index in [-0.39, 0.29) is 17.7 Å². The number of thioether (sulfide) groups is 1. The molecule has 0 aliphatic rings. The summed E-state index contributed by atoms with van der Waals surface area (Å²) < 4.78 is 6.64. The Balaban J connectivity index is 1.93. The van der Waals surface area contributed by atoms with E-state index < -0.39 is 0 Å². The van der Waals surface area contributed by atoms with Crippen LogP contribution in [0.3, 0.4) is 0 Å². The number of aromatic nitrogens is 4. The van der Waals surface area contributed by atoms with Gasteiger partial charge in [-0.1, -0.05) is 16.9 Å². The van der Waals surface area contributed by atoms with Crippen molar-refractivity contribution in [3.05, 3.63) is 11.8 Å². The summed E-state index contributed by atoms with van der Waals surface area (Å²) in [7, 11) is 0. The summed E-state index contributed by atoms with van der Waals surface area (Å²) >= 11 is 1.27. The van der Waals surface area contributed by atoms with Crippen LogP contribution in [0.4, 0.5) is 11.8 Å². The van der Waals surface area contributed by atoms with Crippen molar-refractivity contribution in [1.29, 1.82) is 0 Å². The molecule has 0 aromatic carbocycles. The monoisotopic (exact) mass is 296 g/mol. The zero-order valence-electron chi connectivity index (χ0n) is 11.5. The highest BCUT2D eigenvalue weighted by Gasteiger charge is 2.15. The molecule has 108 valence electrons. The van der Waals surface area contributed by atoms with Crippen molar-refractivity contribution in [2.45, 2.75) is 32.0 Å². The normalized spacial score (nSPS) is 11.0. The summed E-state index contributed by atoms with van der Waals surface area (Å²) in [6.07, 6.45) is 0. The van der Waals surface area contributed by atoms with Gasteiger partial charge in [0, 0.05) is 12.1 Å². The van der Waals surface area contributed by atoms with Gasteiger partial charge in [0.25, 0.3) is 0 Å². The lowest BCUT2D eigenvalue weighted by atomic mass is 10.4. The summed E-state index contributed by atoms with van der Waals surface area (Å²) in [5.74, 6) is 1.38. The first kappa shape index (κ1) is 14.4. The Morgan fingerprint density at radius 3 is 2.90 bits per heavy atom. The average molecular weight is 296 g/mol. The highest BCUT2D eigenvalue weighted by atomic mass is 32.2. The van der Waals surface area contributed by atoms with Gasteiger partial charge in [-0.15, -0.1) is 10.2 Å². The second-order valence-electron chi connectivity index (χ2n) is 4.46. The Morgan fingerprint density at radius 2 is 2.30 bits per heavy atom. The van der Waals surface area contributed by atoms with Gasteiger partial charge in [-0.2, -0.15) is 0 Å². The molecule has 9 heteroatoms. The van der Waals surface area contributed by atoms with E-state index in [2.05, 4.69) is 20.7 Å². The maximum atomic E-state index is 11.8. The lowest BCUT2D eigenvalue weighted by Crippen LogP contribution is -2.15. The highest BCUT2D eigenvalue weighted by Crippen LogP contribution is 2.22. The number of nitrogens with one attached hydrogen (secondary N) is 1. The third-order valence-electron chi connectivity index (χ3n) is 2.44. The van der Waals surface area contributed by atoms with E-state index in [0.717, 1.165) is 0 Å². The van der Waals surface area contributed by atoms with E-state index in [1.54, 1.807) is 17.6 Å². The predicted molar refractivity (Wildman–Crippen MR) is 75.4 cm³/mol. The van der Waals surface area contributed by atoms with Crippen molar-refractivity contribution < 1.29 is 9.32 Å². The Morgan fingerprint density at radius 1 is 1.55 bits per heavy atom. The Bertz CT molecular complexity index is 606. The van der Waals surface area contributed by atoms with E-state index in [1.165, 1.54) is 11.8 Å². The number of amides is 1. The van der Waals surface area contributed by atoms with Crippen molar-refractivity contribution >= 4 is 29.4 Å². The molecule has 0 unspecified atom stereocenters. The van der Waals surface area contributed by atoms with Crippen molar-refractivity contribution in [3.63, 3.8) is 0 Å². The van der Waals surface area contributed by atoms with Gasteiger partial charge < -0.3 is 15.6 Å². The number of nitrogen functional groups attached to an aromatic ring is 1. The molecule has 0 bridgehead atoms. The predicted octanol–water partition coefficient (Wildman–Crippen LogP) is 1.47. The van der Waals surface area contributed by atoms with E-state index in [4.69, 9.17) is 10.3 Å². The molecule has 0 fully saturated rings. The number of carbonyl (C=O) groups is 1. The van der Waals surface area contributed by atoms with Crippen LogP contribution in [0.15, 0.2) is 15.7 Å². The van der Waals surface area contributed by atoms with Gasteiger partial charge in [-0.25, -0.2) is 0 Å². The zero-order chi connectivity index (χ0) is 14.7. The molecule has 2 rings (SSSR count). The van der Waals surface area contributed by atoms with Crippen LogP contribution in [0, 0.1) is 6.92 Å². The molecular formula is C11H16N6O2S. The molecule has 3 N–H and O–H groups in total. The number of nitrogens with two attached hydrogens (primary N) is 1. The molecule has 0 aliphatic carbocycles. The van der Waals surface area contributed by atoms with Gasteiger partial charge in [0.15, 0.2) is 11.0 Å². The molecule has 0 atom stereocenters. The first-order chi connectivity index (χ1) is 9.47. The Labute approximate surface area is 120 Å². The van der Waals surface area contributed by atoms with Crippen LogP contribution in [0.2, 0.25) is 0 Å². The number of hydrogen-bond donors (Lipinski definition) is 2. The standard InChI is InChI=1S/C11H16N6O2S/c1-6(2)17-10(12)14-15-11(17)20-5-9(18)13-8-4-7(3)19-16-8/h4,6H,5H2,1-3H3,(H2,12,14)(H,13,16,18).